The van der Waals surface area contributed by atoms with Crippen LogP contribution in [0.25, 0.3) is 0 Å². The molecule has 4 nitrogen and oxygen atoms in total. The number of nitrogens with two attached hydrogens (primary N) is 1. The maximum Gasteiger partial charge on any atom is 0.259 e. The van der Waals surface area contributed by atoms with E-state index >= 15 is 0 Å². The maximum atomic E-state index is 12.1. The van der Waals surface area contributed by atoms with Crippen molar-refractivity contribution < 1.29 is 4.79 Å². The number of anilines is 2. The predicted molar refractivity (Wildman–Crippen MR) is 79.7 cm³/mol. The lowest BCUT2D eigenvalue weighted by molar-refractivity contribution is 0.102. The lowest BCUT2D eigenvalue weighted by atomic mass is 10.1. The number of rotatable bonds is 3. The van der Waals surface area contributed by atoms with Crippen molar-refractivity contribution in [1.82, 2.24) is 4.98 Å². The number of nitrogens with zero attached hydrogens (tertiary/aromatic N) is 1. The standard InChI is InChI=1S/C14H17N3OS/c1-8(2)12-9(3)19-14(16-12)17-13(18)10-6-4-5-7-11(10)15/h4-8H,15H2,1-3H3,(H,16,17,18). The molecule has 0 aliphatic rings. The summed E-state index contributed by atoms with van der Waals surface area (Å²) in [5.74, 6) is 0.130. The van der Waals surface area contributed by atoms with Gasteiger partial charge in [0.25, 0.3) is 5.91 Å². The van der Waals surface area contributed by atoms with Crippen molar-refractivity contribution >= 4 is 28.1 Å². The van der Waals surface area contributed by atoms with Gasteiger partial charge in [-0.15, -0.1) is 11.3 Å². The summed E-state index contributed by atoms with van der Waals surface area (Å²) in [5, 5.41) is 3.42. The minimum absolute atomic E-state index is 0.220. The molecule has 0 fully saturated rings. The Hall–Kier alpha value is -1.88. The highest BCUT2D eigenvalue weighted by molar-refractivity contribution is 7.15. The van der Waals surface area contributed by atoms with Crippen LogP contribution in [0.3, 0.4) is 0 Å². The number of hydrogen-bond donors (Lipinski definition) is 2. The molecule has 0 radical (unpaired) electrons. The molecule has 0 aliphatic heterocycles. The smallest absolute Gasteiger partial charge is 0.259 e. The van der Waals surface area contributed by atoms with E-state index in [-0.39, 0.29) is 5.91 Å². The Morgan fingerprint density at radius 1 is 1.37 bits per heavy atom. The molecular weight excluding hydrogens is 258 g/mol. The molecule has 0 saturated carbocycles. The highest BCUT2D eigenvalue weighted by Gasteiger charge is 2.14. The van der Waals surface area contributed by atoms with Crippen LogP contribution in [-0.2, 0) is 0 Å². The summed E-state index contributed by atoms with van der Waals surface area (Å²) in [5.41, 5.74) is 7.75. The second kappa shape index (κ2) is 5.40. The van der Waals surface area contributed by atoms with E-state index in [0.29, 0.717) is 22.3 Å². The van der Waals surface area contributed by atoms with Crippen LogP contribution in [0.5, 0.6) is 0 Å². The van der Waals surface area contributed by atoms with Crippen LogP contribution >= 0.6 is 11.3 Å². The number of carbonyl (C=O) groups is 1. The zero-order chi connectivity index (χ0) is 14.0. The van der Waals surface area contributed by atoms with Gasteiger partial charge in [-0.05, 0) is 25.0 Å². The quantitative estimate of drug-likeness (QED) is 0.843. The Morgan fingerprint density at radius 3 is 2.63 bits per heavy atom. The van der Waals surface area contributed by atoms with Gasteiger partial charge in [0.05, 0.1) is 11.3 Å². The molecule has 1 aromatic heterocycles. The van der Waals surface area contributed by atoms with Gasteiger partial charge >= 0.3 is 0 Å². The average molecular weight is 275 g/mol. The molecule has 5 heteroatoms. The van der Waals surface area contributed by atoms with Gasteiger partial charge in [-0.2, -0.15) is 0 Å². The third-order valence-corrected chi connectivity index (χ3v) is 3.71. The normalized spacial score (nSPS) is 10.7. The fourth-order valence-corrected chi connectivity index (χ4v) is 2.83. The number of thiazole rings is 1. The summed E-state index contributed by atoms with van der Waals surface area (Å²) in [7, 11) is 0. The van der Waals surface area contributed by atoms with E-state index in [1.807, 2.05) is 6.92 Å². The fourth-order valence-electron chi connectivity index (χ4n) is 1.87. The Bertz CT molecular complexity index is 604. The molecule has 0 unspecified atom stereocenters. The van der Waals surface area contributed by atoms with Crippen molar-refractivity contribution in [3.63, 3.8) is 0 Å². The molecule has 0 aliphatic carbocycles. The van der Waals surface area contributed by atoms with E-state index in [9.17, 15) is 4.79 Å². The number of benzene rings is 1. The molecule has 0 saturated heterocycles. The summed E-state index contributed by atoms with van der Waals surface area (Å²) in [6.07, 6.45) is 0. The third kappa shape index (κ3) is 2.93. The Labute approximate surface area is 116 Å². The summed E-state index contributed by atoms with van der Waals surface area (Å²) in [4.78, 5) is 17.7. The van der Waals surface area contributed by atoms with Gasteiger partial charge in [0.1, 0.15) is 0 Å². The second-order valence-electron chi connectivity index (χ2n) is 4.66. The number of para-hydroxylation sites is 1. The predicted octanol–water partition coefficient (Wildman–Crippen LogP) is 3.41. The summed E-state index contributed by atoms with van der Waals surface area (Å²) < 4.78 is 0. The molecule has 2 rings (SSSR count). The number of aryl methyl sites for hydroxylation is 1. The van der Waals surface area contributed by atoms with E-state index in [2.05, 4.69) is 24.1 Å². The molecule has 0 atom stereocenters. The van der Waals surface area contributed by atoms with Gasteiger partial charge in [0.15, 0.2) is 5.13 Å². The van der Waals surface area contributed by atoms with Gasteiger partial charge < -0.3 is 5.73 Å². The summed E-state index contributed by atoms with van der Waals surface area (Å²) >= 11 is 1.49. The molecule has 1 aromatic carbocycles. The first kappa shape index (κ1) is 13.5. The van der Waals surface area contributed by atoms with E-state index in [0.717, 1.165) is 10.6 Å². The number of carbonyl (C=O) groups excluding carboxylic acids is 1. The molecule has 1 amide bonds. The lowest BCUT2D eigenvalue weighted by Gasteiger charge is -2.04. The van der Waals surface area contributed by atoms with Crippen molar-refractivity contribution in [3.8, 4) is 0 Å². The van der Waals surface area contributed by atoms with Crippen molar-refractivity contribution in [1.29, 1.82) is 0 Å². The zero-order valence-electron chi connectivity index (χ0n) is 11.2. The van der Waals surface area contributed by atoms with E-state index in [4.69, 9.17) is 5.73 Å². The molecular formula is C14H17N3OS. The van der Waals surface area contributed by atoms with Crippen LogP contribution < -0.4 is 11.1 Å². The number of nitrogens with one attached hydrogen (secondary N) is 1. The molecule has 0 bridgehead atoms. The van der Waals surface area contributed by atoms with E-state index in [1.54, 1.807) is 24.3 Å². The van der Waals surface area contributed by atoms with Crippen LogP contribution in [0, 0.1) is 6.92 Å². The average Bonchev–Trinajstić information content (AvgIpc) is 2.70. The zero-order valence-corrected chi connectivity index (χ0v) is 12.0. The molecule has 100 valence electrons. The monoisotopic (exact) mass is 275 g/mol. The van der Waals surface area contributed by atoms with Gasteiger partial charge in [0, 0.05) is 10.6 Å². The van der Waals surface area contributed by atoms with Crippen LogP contribution in [0.1, 0.15) is 40.7 Å². The van der Waals surface area contributed by atoms with Gasteiger partial charge in [-0.1, -0.05) is 26.0 Å². The Morgan fingerprint density at radius 2 is 2.05 bits per heavy atom. The third-order valence-electron chi connectivity index (χ3n) is 2.81. The maximum absolute atomic E-state index is 12.1. The number of nitrogen functional groups attached to an aromatic ring is 1. The van der Waals surface area contributed by atoms with Crippen molar-refractivity contribution in [2.75, 3.05) is 11.1 Å². The molecule has 0 spiro atoms. The number of amides is 1. The molecule has 1 heterocycles. The van der Waals surface area contributed by atoms with Crippen LogP contribution in [-0.4, -0.2) is 10.9 Å². The number of hydrogen-bond acceptors (Lipinski definition) is 4. The minimum atomic E-state index is -0.220. The van der Waals surface area contributed by atoms with Crippen molar-refractivity contribution in [2.24, 2.45) is 0 Å². The highest BCUT2D eigenvalue weighted by Crippen LogP contribution is 2.27. The summed E-state index contributed by atoms with van der Waals surface area (Å²) in [6.45, 7) is 6.19. The first-order chi connectivity index (χ1) is 8.99. The van der Waals surface area contributed by atoms with Gasteiger partial charge in [-0.3, -0.25) is 10.1 Å². The molecule has 2 aromatic rings. The lowest BCUT2D eigenvalue weighted by Crippen LogP contribution is -2.13. The SMILES string of the molecule is Cc1sc(NC(=O)c2ccccc2N)nc1C(C)C. The van der Waals surface area contributed by atoms with Gasteiger partial charge in [0.2, 0.25) is 0 Å². The van der Waals surface area contributed by atoms with Gasteiger partial charge in [-0.25, -0.2) is 4.98 Å². The largest absolute Gasteiger partial charge is 0.398 e. The Balaban J connectivity index is 2.20. The highest BCUT2D eigenvalue weighted by atomic mass is 32.1. The minimum Gasteiger partial charge on any atom is -0.398 e. The topological polar surface area (TPSA) is 68.0 Å². The summed E-state index contributed by atoms with van der Waals surface area (Å²) in [6, 6.07) is 7.00. The van der Waals surface area contributed by atoms with Crippen molar-refractivity contribution in [3.05, 3.63) is 40.4 Å². The van der Waals surface area contributed by atoms with Crippen LogP contribution in [0.4, 0.5) is 10.8 Å². The Kier molecular flexibility index (Phi) is 3.85. The van der Waals surface area contributed by atoms with E-state index < -0.39 is 0 Å². The molecule has 19 heavy (non-hydrogen) atoms. The number of aromatic nitrogens is 1. The first-order valence-electron chi connectivity index (χ1n) is 6.12. The van der Waals surface area contributed by atoms with Crippen LogP contribution in [0.15, 0.2) is 24.3 Å². The van der Waals surface area contributed by atoms with Crippen LogP contribution in [0.2, 0.25) is 0 Å². The first-order valence-corrected chi connectivity index (χ1v) is 6.94. The second-order valence-corrected chi connectivity index (χ2v) is 5.86. The van der Waals surface area contributed by atoms with E-state index in [1.165, 1.54) is 11.3 Å². The van der Waals surface area contributed by atoms with Crippen molar-refractivity contribution in [2.45, 2.75) is 26.7 Å². The fraction of sp³-hybridized carbons (Fsp3) is 0.286. The molecule has 3 N–H and O–H groups in total.